The summed E-state index contributed by atoms with van der Waals surface area (Å²) in [6.07, 6.45) is 3.31. The van der Waals surface area contributed by atoms with E-state index in [0.29, 0.717) is 16.6 Å². The van der Waals surface area contributed by atoms with Crippen molar-refractivity contribution in [1.29, 1.82) is 0 Å². The summed E-state index contributed by atoms with van der Waals surface area (Å²) < 4.78 is 13.6. The molecule has 22 heavy (non-hydrogen) atoms. The van der Waals surface area contributed by atoms with Gasteiger partial charge in [0.1, 0.15) is 11.3 Å². The number of aromatic amines is 1. The number of H-pyrrole nitrogens is 1. The molecular weight excluding hydrogens is 330 g/mol. The first-order chi connectivity index (χ1) is 9.66. The summed E-state index contributed by atoms with van der Waals surface area (Å²) in [6, 6.07) is 2.81. The minimum Gasteiger partial charge on any atom is -0.344 e. The maximum absolute atomic E-state index is 13.6. The van der Waals surface area contributed by atoms with E-state index in [2.05, 4.69) is 15.3 Å². The standard InChI is InChI=1S/C14H17FN4O.2ClH/c1-19(10-2-4-16-5-3-10)14(20)11-6-9(15)7-12-13(11)18-8-17-12;;/h6-8,10,16H,2-5H2,1H3,(H,17,18);2*1H. The summed E-state index contributed by atoms with van der Waals surface area (Å²) in [4.78, 5) is 21.3. The molecule has 2 aromatic rings. The molecule has 0 spiro atoms. The number of hydrogen-bond acceptors (Lipinski definition) is 3. The Balaban J connectivity index is 0.00000121. The van der Waals surface area contributed by atoms with Crippen molar-refractivity contribution in [2.45, 2.75) is 18.9 Å². The van der Waals surface area contributed by atoms with Gasteiger partial charge in [-0.3, -0.25) is 4.79 Å². The number of nitrogens with one attached hydrogen (secondary N) is 2. The average molecular weight is 349 g/mol. The summed E-state index contributed by atoms with van der Waals surface area (Å²) in [5, 5.41) is 3.27. The number of nitrogens with zero attached hydrogens (tertiary/aromatic N) is 2. The van der Waals surface area contributed by atoms with E-state index in [1.165, 1.54) is 18.5 Å². The zero-order valence-corrected chi connectivity index (χ0v) is 13.8. The van der Waals surface area contributed by atoms with Gasteiger partial charge in [0, 0.05) is 13.1 Å². The van der Waals surface area contributed by atoms with Crippen LogP contribution in [0.5, 0.6) is 0 Å². The molecule has 1 aliphatic rings. The molecule has 1 amide bonds. The van der Waals surface area contributed by atoms with Gasteiger partial charge in [-0.15, -0.1) is 24.8 Å². The second-order valence-electron chi connectivity index (χ2n) is 5.15. The van der Waals surface area contributed by atoms with Gasteiger partial charge in [-0.25, -0.2) is 9.37 Å². The van der Waals surface area contributed by atoms with Gasteiger partial charge >= 0.3 is 0 Å². The number of piperidine rings is 1. The highest BCUT2D eigenvalue weighted by Crippen LogP contribution is 2.21. The van der Waals surface area contributed by atoms with Gasteiger partial charge in [0.05, 0.1) is 17.4 Å². The highest BCUT2D eigenvalue weighted by Gasteiger charge is 2.25. The molecule has 2 heterocycles. The summed E-state index contributed by atoms with van der Waals surface area (Å²) >= 11 is 0. The monoisotopic (exact) mass is 348 g/mol. The van der Waals surface area contributed by atoms with Crippen LogP contribution in [0.4, 0.5) is 4.39 Å². The van der Waals surface area contributed by atoms with Crippen LogP contribution in [0.15, 0.2) is 18.5 Å². The fraction of sp³-hybridized carbons (Fsp3) is 0.429. The van der Waals surface area contributed by atoms with Crippen molar-refractivity contribution in [2.24, 2.45) is 0 Å². The van der Waals surface area contributed by atoms with E-state index in [1.807, 2.05) is 0 Å². The van der Waals surface area contributed by atoms with E-state index in [4.69, 9.17) is 0 Å². The lowest BCUT2D eigenvalue weighted by Gasteiger charge is -2.31. The number of carbonyl (C=O) groups excluding carboxylic acids is 1. The van der Waals surface area contributed by atoms with Crippen molar-refractivity contribution in [3.05, 3.63) is 29.8 Å². The second-order valence-corrected chi connectivity index (χ2v) is 5.15. The lowest BCUT2D eigenvalue weighted by molar-refractivity contribution is 0.0704. The van der Waals surface area contributed by atoms with Crippen LogP contribution in [0.2, 0.25) is 0 Å². The average Bonchev–Trinajstić information content (AvgIpc) is 2.94. The van der Waals surface area contributed by atoms with E-state index < -0.39 is 5.82 Å². The third-order valence-corrected chi connectivity index (χ3v) is 3.90. The predicted molar refractivity (Wildman–Crippen MR) is 88.5 cm³/mol. The highest BCUT2D eigenvalue weighted by atomic mass is 35.5. The number of rotatable bonds is 2. The Bertz CT molecular complexity index is 643. The van der Waals surface area contributed by atoms with Gasteiger partial charge in [0.15, 0.2) is 0 Å². The van der Waals surface area contributed by atoms with E-state index in [1.54, 1.807) is 11.9 Å². The minimum absolute atomic E-state index is 0. The normalized spacial score (nSPS) is 15.0. The number of fused-ring (bicyclic) bond motifs is 1. The maximum Gasteiger partial charge on any atom is 0.256 e. The molecule has 1 saturated heterocycles. The number of aromatic nitrogens is 2. The Morgan fingerprint density at radius 1 is 1.32 bits per heavy atom. The first kappa shape index (κ1) is 18.7. The number of carbonyl (C=O) groups is 1. The first-order valence-electron chi connectivity index (χ1n) is 6.77. The van der Waals surface area contributed by atoms with Gasteiger partial charge in [-0.2, -0.15) is 0 Å². The molecular formula is C14H19Cl2FN4O. The fourth-order valence-corrected chi connectivity index (χ4v) is 2.73. The number of amides is 1. The topological polar surface area (TPSA) is 61.0 Å². The van der Waals surface area contributed by atoms with Crippen molar-refractivity contribution in [3.8, 4) is 0 Å². The maximum atomic E-state index is 13.6. The van der Waals surface area contributed by atoms with Crippen LogP contribution in [0.1, 0.15) is 23.2 Å². The summed E-state index contributed by atoms with van der Waals surface area (Å²) in [5.41, 5.74) is 1.39. The summed E-state index contributed by atoms with van der Waals surface area (Å²) in [5.74, 6) is -0.600. The second kappa shape index (κ2) is 7.76. The molecule has 1 aromatic heterocycles. The van der Waals surface area contributed by atoms with E-state index in [9.17, 15) is 9.18 Å². The smallest absolute Gasteiger partial charge is 0.256 e. The molecule has 0 radical (unpaired) electrons. The summed E-state index contributed by atoms with van der Waals surface area (Å²) in [7, 11) is 1.78. The largest absolute Gasteiger partial charge is 0.344 e. The molecule has 0 aliphatic carbocycles. The van der Waals surface area contributed by atoms with Crippen molar-refractivity contribution >= 4 is 41.8 Å². The molecule has 0 unspecified atom stereocenters. The third-order valence-electron chi connectivity index (χ3n) is 3.90. The number of hydrogen-bond donors (Lipinski definition) is 2. The quantitative estimate of drug-likeness (QED) is 0.875. The van der Waals surface area contributed by atoms with E-state index in [-0.39, 0.29) is 36.8 Å². The molecule has 2 N–H and O–H groups in total. The van der Waals surface area contributed by atoms with Gasteiger partial charge in [0.2, 0.25) is 0 Å². The molecule has 1 aromatic carbocycles. The predicted octanol–water partition coefficient (Wildman–Crippen LogP) is 2.37. The van der Waals surface area contributed by atoms with Crippen LogP contribution < -0.4 is 5.32 Å². The van der Waals surface area contributed by atoms with Crippen molar-refractivity contribution < 1.29 is 9.18 Å². The molecule has 0 bridgehead atoms. The number of imidazole rings is 1. The Morgan fingerprint density at radius 3 is 2.68 bits per heavy atom. The Kier molecular flexibility index (Phi) is 6.59. The van der Waals surface area contributed by atoms with Crippen molar-refractivity contribution in [2.75, 3.05) is 20.1 Å². The molecule has 1 aliphatic heterocycles. The molecule has 0 atom stereocenters. The molecule has 122 valence electrons. The van der Waals surface area contributed by atoms with E-state index >= 15 is 0 Å². The van der Waals surface area contributed by atoms with Gasteiger partial charge in [0.25, 0.3) is 5.91 Å². The minimum atomic E-state index is -0.427. The van der Waals surface area contributed by atoms with Gasteiger partial charge in [-0.1, -0.05) is 0 Å². The number of halogens is 3. The third kappa shape index (κ3) is 3.51. The number of benzene rings is 1. The van der Waals surface area contributed by atoms with Gasteiger partial charge < -0.3 is 15.2 Å². The Morgan fingerprint density at radius 2 is 2.00 bits per heavy atom. The zero-order chi connectivity index (χ0) is 14.1. The lowest BCUT2D eigenvalue weighted by Crippen LogP contribution is -2.44. The highest BCUT2D eigenvalue weighted by molar-refractivity contribution is 6.04. The Hall–Kier alpha value is -1.37. The first-order valence-corrected chi connectivity index (χ1v) is 6.77. The lowest BCUT2D eigenvalue weighted by atomic mass is 10.0. The van der Waals surface area contributed by atoms with Crippen molar-refractivity contribution in [1.82, 2.24) is 20.2 Å². The van der Waals surface area contributed by atoms with Crippen LogP contribution in [0.25, 0.3) is 11.0 Å². The molecule has 3 rings (SSSR count). The van der Waals surface area contributed by atoms with Crippen LogP contribution >= 0.6 is 24.8 Å². The molecule has 8 heteroatoms. The van der Waals surface area contributed by atoms with Crippen LogP contribution in [0.3, 0.4) is 0 Å². The SMILES string of the molecule is CN(C(=O)c1cc(F)cc2[nH]cnc12)C1CCNCC1.Cl.Cl. The van der Waals surface area contributed by atoms with Crippen LogP contribution in [0, 0.1) is 5.82 Å². The van der Waals surface area contributed by atoms with Crippen LogP contribution in [-0.4, -0.2) is 47.0 Å². The van der Waals surface area contributed by atoms with Crippen molar-refractivity contribution in [3.63, 3.8) is 0 Å². The summed E-state index contributed by atoms with van der Waals surface area (Å²) in [6.45, 7) is 1.81. The molecule has 1 fully saturated rings. The van der Waals surface area contributed by atoms with Gasteiger partial charge in [-0.05, 0) is 38.1 Å². The molecule has 0 saturated carbocycles. The fourth-order valence-electron chi connectivity index (χ4n) is 2.73. The Labute approximate surface area is 140 Å². The van der Waals surface area contributed by atoms with Crippen LogP contribution in [-0.2, 0) is 0 Å². The zero-order valence-electron chi connectivity index (χ0n) is 12.1. The van der Waals surface area contributed by atoms with E-state index in [0.717, 1.165) is 25.9 Å². The molecule has 5 nitrogen and oxygen atoms in total.